The van der Waals surface area contributed by atoms with E-state index in [1.807, 2.05) is 6.07 Å². The summed E-state index contributed by atoms with van der Waals surface area (Å²) in [6.07, 6.45) is 5.90. The van der Waals surface area contributed by atoms with Gasteiger partial charge in [-0.1, -0.05) is 64.8 Å². The molecule has 0 saturated carbocycles. The van der Waals surface area contributed by atoms with E-state index in [2.05, 4.69) is 60.1 Å². The van der Waals surface area contributed by atoms with Gasteiger partial charge in [0, 0.05) is 11.9 Å². The molecule has 0 aliphatic heterocycles. The van der Waals surface area contributed by atoms with E-state index in [1.165, 1.54) is 24.0 Å². The first-order valence-corrected chi connectivity index (χ1v) is 8.17. The van der Waals surface area contributed by atoms with E-state index in [-0.39, 0.29) is 0 Å². The van der Waals surface area contributed by atoms with Crippen LogP contribution in [0.4, 0.5) is 0 Å². The van der Waals surface area contributed by atoms with Gasteiger partial charge in [0.1, 0.15) is 0 Å². The minimum Gasteiger partial charge on any atom is -0.377 e. The maximum absolute atomic E-state index is 5.72. The SMILES string of the molecule is C/C(=C\CC[C@@H](C)CCOCc1ccccc1)CBr. The molecule has 0 heterocycles. The van der Waals surface area contributed by atoms with Crippen molar-refractivity contribution in [3.8, 4) is 0 Å². The van der Waals surface area contributed by atoms with E-state index >= 15 is 0 Å². The van der Waals surface area contributed by atoms with Gasteiger partial charge < -0.3 is 4.74 Å². The Morgan fingerprint density at radius 2 is 2.00 bits per heavy atom. The lowest BCUT2D eigenvalue weighted by Gasteiger charge is -2.10. The second-order valence-electron chi connectivity index (χ2n) is 5.19. The predicted molar refractivity (Wildman–Crippen MR) is 86.7 cm³/mol. The minimum absolute atomic E-state index is 0.732. The highest BCUT2D eigenvalue weighted by molar-refractivity contribution is 9.09. The summed E-state index contributed by atoms with van der Waals surface area (Å²) in [5, 5.41) is 0.988. The molecule has 1 aromatic carbocycles. The maximum Gasteiger partial charge on any atom is 0.0716 e. The zero-order valence-corrected chi connectivity index (χ0v) is 13.7. The van der Waals surface area contributed by atoms with Crippen LogP contribution in [0.2, 0.25) is 0 Å². The normalized spacial score (nSPS) is 13.5. The first-order valence-electron chi connectivity index (χ1n) is 7.05. The first-order chi connectivity index (χ1) is 9.22. The van der Waals surface area contributed by atoms with Crippen molar-refractivity contribution < 1.29 is 4.74 Å². The van der Waals surface area contributed by atoms with Crippen molar-refractivity contribution >= 4 is 15.9 Å². The average Bonchev–Trinajstić information content (AvgIpc) is 2.44. The van der Waals surface area contributed by atoms with Gasteiger partial charge in [-0.3, -0.25) is 0 Å². The molecule has 2 heteroatoms. The Labute approximate surface area is 126 Å². The summed E-state index contributed by atoms with van der Waals surface area (Å²) in [4.78, 5) is 0. The van der Waals surface area contributed by atoms with Crippen LogP contribution in [0.5, 0.6) is 0 Å². The number of ether oxygens (including phenoxy) is 1. The van der Waals surface area contributed by atoms with Crippen LogP contribution in [-0.2, 0) is 11.3 Å². The van der Waals surface area contributed by atoms with Gasteiger partial charge in [0.05, 0.1) is 6.61 Å². The molecule has 0 spiro atoms. The number of alkyl halides is 1. The second kappa shape index (κ2) is 10.2. The van der Waals surface area contributed by atoms with Gasteiger partial charge in [-0.25, -0.2) is 0 Å². The van der Waals surface area contributed by atoms with Gasteiger partial charge in [-0.05, 0) is 37.7 Å². The molecule has 1 atom stereocenters. The molecular weight excluding hydrogens is 300 g/mol. The monoisotopic (exact) mass is 324 g/mol. The molecule has 1 rings (SSSR count). The number of hydrogen-bond donors (Lipinski definition) is 0. The van der Waals surface area contributed by atoms with Crippen molar-refractivity contribution in [2.24, 2.45) is 5.92 Å². The van der Waals surface area contributed by atoms with E-state index in [1.54, 1.807) is 0 Å². The van der Waals surface area contributed by atoms with E-state index in [0.717, 1.165) is 30.9 Å². The van der Waals surface area contributed by atoms with Crippen LogP contribution in [0.15, 0.2) is 42.0 Å². The van der Waals surface area contributed by atoms with Crippen molar-refractivity contribution in [2.45, 2.75) is 39.7 Å². The average molecular weight is 325 g/mol. The summed E-state index contributed by atoms with van der Waals surface area (Å²) >= 11 is 3.47. The Morgan fingerprint density at radius 1 is 1.26 bits per heavy atom. The molecule has 0 radical (unpaired) electrons. The summed E-state index contributed by atoms with van der Waals surface area (Å²) in [7, 11) is 0. The molecule has 0 aliphatic rings. The molecule has 0 fully saturated rings. The smallest absolute Gasteiger partial charge is 0.0716 e. The fourth-order valence-electron chi connectivity index (χ4n) is 1.86. The number of allylic oxidation sites excluding steroid dienone is 2. The zero-order valence-electron chi connectivity index (χ0n) is 12.1. The predicted octanol–water partition coefficient (Wildman–Crippen LogP) is 5.35. The summed E-state index contributed by atoms with van der Waals surface area (Å²) in [6, 6.07) is 10.4. The largest absolute Gasteiger partial charge is 0.377 e. The maximum atomic E-state index is 5.72. The minimum atomic E-state index is 0.732. The van der Waals surface area contributed by atoms with E-state index in [9.17, 15) is 0 Å². The quantitative estimate of drug-likeness (QED) is 0.338. The molecule has 0 aromatic heterocycles. The third-order valence-corrected chi connectivity index (χ3v) is 4.11. The fraction of sp³-hybridized carbons (Fsp3) is 0.529. The molecule has 0 N–H and O–H groups in total. The number of hydrogen-bond acceptors (Lipinski definition) is 1. The van der Waals surface area contributed by atoms with E-state index in [0.29, 0.717) is 0 Å². The third kappa shape index (κ3) is 8.22. The van der Waals surface area contributed by atoms with Crippen LogP contribution in [0.25, 0.3) is 0 Å². The number of benzene rings is 1. The third-order valence-electron chi connectivity index (χ3n) is 3.23. The van der Waals surface area contributed by atoms with Crippen molar-refractivity contribution in [3.05, 3.63) is 47.5 Å². The molecule has 0 bridgehead atoms. The molecule has 0 amide bonds. The highest BCUT2D eigenvalue weighted by atomic mass is 79.9. The highest BCUT2D eigenvalue weighted by Gasteiger charge is 2.01. The lowest BCUT2D eigenvalue weighted by Crippen LogP contribution is -2.02. The molecule has 0 aliphatic carbocycles. The Bertz CT molecular complexity index is 359. The van der Waals surface area contributed by atoms with Crippen LogP contribution in [0, 0.1) is 5.92 Å². The fourth-order valence-corrected chi connectivity index (χ4v) is 2.09. The Morgan fingerprint density at radius 3 is 2.68 bits per heavy atom. The number of halogens is 1. The van der Waals surface area contributed by atoms with Gasteiger partial charge >= 0.3 is 0 Å². The molecule has 0 unspecified atom stereocenters. The van der Waals surface area contributed by atoms with Crippen LogP contribution in [0.1, 0.15) is 38.7 Å². The standard InChI is InChI=1S/C17H25BrO/c1-15(7-6-8-16(2)13-18)11-12-19-14-17-9-4-3-5-10-17/h3-5,8-10,15H,6-7,11-14H2,1-2H3/b16-8+/t15-/m1/s1. The highest BCUT2D eigenvalue weighted by Crippen LogP contribution is 2.13. The molecule has 106 valence electrons. The van der Waals surface area contributed by atoms with Gasteiger partial charge in [-0.2, -0.15) is 0 Å². The summed E-state index contributed by atoms with van der Waals surface area (Å²) in [5.41, 5.74) is 2.68. The zero-order chi connectivity index (χ0) is 13.9. The van der Waals surface area contributed by atoms with Gasteiger partial charge in [0.15, 0.2) is 0 Å². The van der Waals surface area contributed by atoms with E-state index in [4.69, 9.17) is 4.74 Å². The summed E-state index contributed by atoms with van der Waals surface area (Å²) in [5.74, 6) is 0.732. The molecule has 19 heavy (non-hydrogen) atoms. The van der Waals surface area contributed by atoms with Crippen molar-refractivity contribution in [1.29, 1.82) is 0 Å². The Hall–Kier alpha value is -0.600. The number of rotatable bonds is 9. The lowest BCUT2D eigenvalue weighted by molar-refractivity contribution is 0.108. The molecule has 1 nitrogen and oxygen atoms in total. The Balaban J connectivity index is 2.06. The van der Waals surface area contributed by atoms with Crippen molar-refractivity contribution in [1.82, 2.24) is 0 Å². The molecule has 1 aromatic rings. The van der Waals surface area contributed by atoms with Crippen LogP contribution in [0.3, 0.4) is 0 Å². The van der Waals surface area contributed by atoms with Crippen molar-refractivity contribution in [3.63, 3.8) is 0 Å². The van der Waals surface area contributed by atoms with E-state index < -0.39 is 0 Å². The van der Waals surface area contributed by atoms with Gasteiger partial charge in [-0.15, -0.1) is 0 Å². The summed E-state index contributed by atoms with van der Waals surface area (Å²) < 4.78 is 5.72. The lowest BCUT2D eigenvalue weighted by atomic mass is 10.0. The Kier molecular flexibility index (Phi) is 8.85. The van der Waals surface area contributed by atoms with Gasteiger partial charge in [0.25, 0.3) is 0 Å². The van der Waals surface area contributed by atoms with Gasteiger partial charge in [0.2, 0.25) is 0 Å². The topological polar surface area (TPSA) is 9.23 Å². The van der Waals surface area contributed by atoms with Crippen molar-refractivity contribution in [2.75, 3.05) is 11.9 Å². The van der Waals surface area contributed by atoms with Crippen LogP contribution >= 0.6 is 15.9 Å². The van der Waals surface area contributed by atoms with Crippen LogP contribution in [-0.4, -0.2) is 11.9 Å². The molecular formula is C17H25BrO. The van der Waals surface area contributed by atoms with Crippen LogP contribution < -0.4 is 0 Å². The summed E-state index contributed by atoms with van der Waals surface area (Å²) in [6.45, 7) is 6.07. The molecule has 0 saturated heterocycles. The first kappa shape index (κ1) is 16.5. The second-order valence-corrected chi connectivity index (χ2v) is 5.75.